The van der Waals surface area contributed by atoms with Crippen molar-refractivity contribution in [3.8, 4) is 22.4 Å². The molecule has 1 N–H and O–H groups in total. The minimum absolute atomic E-state index is 0.672. The van der Waals surface area contributed by atoms with Gasteiger partial charge in [-0.3, -0.25) is 0 Å². The summed E-state index contributed by atoms with van der Waals surface area (Å²) in [6.07, 6.45) is 1.92. The van der Waals surface area contributed by atoms with Gasteiger partial charge in [0.05, 0.1) is 12.3 Å². The first-order valence-corrected chi connectivity index (χ1v) is 7.92. The molecule has 0 radical (unpaired) electrons. The molecule has 0 aliphatic carbocycles. The zero-order valence-corrected chi connectivity index (χ0v) is 13.7. The summed E-state index contributed by atoms with van der Waals surface area (Å²) in [4.78, 5) is 7.26. The van der Waals surface area contributed by atoms with Crippen LogP contribution >= 0.6 is 0 Å². The Morgan fingerprint density at radius 1 is 0.917 bits per heavy atom. The van der Waals surface area contributed by atoms with Gasteiger partial charge in [0.15, 0.2) is 0 Å². The number of hydrogen-bond donors (Lipinski definition) is 1. The summed E-state index contributed by atoms with van der Waals surface area (Å²) in [5.74, 6) is 0. The van der Waals surface area contributed by atoms with E-state index < -0.39 is 0 Å². The lowest BCUT2D eigenvalue weighted by molar-refractivity contribution is 1.14. The molecule has 0 fully saturated rings. The number of imidazole rings is 1. The van der Waals surface area contributed by atoms with Crippen LogP contribution in [0.3, 0.4) is 0 Å². The van der Waals surface area contributed by atoms with Gasteiger partial charge in [0.25, 0.3) is 0 Å². The number of nitrogens with one attached hydrogen (secondary N) is 1. The first-order chi connectivity index (χ1) is 11.7. The van der Waals surface area contributed by atoms with E-state index in [1.165, 1.54) is 5.56 Å². The fraction of sp³-hybridized carbons (Fsp3) is 0.0952. The van der Waals surface area contributed by atoms with E-state index in [9.17, 15) is 0 Å². The van der Waals surface area contributed by atoms with E-state index in [4.69, 9.17) is 6.57 Å². The van der Waals surface area contributed by atoms with Crippen molar-refractivity contribution in [2.45, 2.75) is 13.8 Å². The predicted octanol–water partition coefficient (Wildman–Crippen LogP) is 5.77. The third-order valence-electron chi connectivity index (χ3n) is 4.47. The second-order valence-corrected chi connectivity index (χ2v) is 6.04. The highest BCUT2D eigenvalue weighted by molar-refractivity contribution is 5.92. The molecule has 24 heavy (non-hydrogen) atoms. The summed E-state index contributed by atoms with van der Waals surface area (Å²) in [6, 6.07) is 18.6. The largest absolute Gasteiger partial charge is 0.340 e. The molecule has 2 aromatic carbocycles. The van der Waals surface area contributed by atoms with Crippen molar-refractivity contribution in [1.29, 1.82) is 0 Å². The number of benzene rings is 2. The number of nitrogens with zero attached hydrogens (tertiary/aromatic N) is 2. The first-order valence-electron chi connectivity index (χ1n) is 7.92. The zero-order valence-electron chi connectivity index (χ0n) is 13.7. The predicted molar refractivity (Wildman–Crippen MR) is 98.4 cm³/mol. The van der Waals surface area contributed by atoms with E-state index in [1.54, 1.807) is 0 Å². The second-order valence-electron chi connectivity index (χ2n) is 6.04. The highest BCUT2D eigenvalue weighted by atomic mass is 15.0. The molecule has 116 valence electrons. The van der Waals surface area contributed by atoms with Crippen LogP contribution in [0.1, 0.15) is 11.3 Å². The summed E-state index contributed by atoms with van der Waals surface area (Å²) >= 11 is 0. The van der Waals surface area contributed by atoms with Crippen molar-refractivity contribution in [3.05, 3.63) is 83.5 Å². The fourth-order valence-corrected chi connectivity index (χ4v) is 3.19. The molecule has 0 saturated heterocycles. The Bertz CT molecular complexity index is 1060. The van der Waals surface area contributed by atoms with Crippen LogP contribution in [0.4, 0.5) is 5.69 Å². The zero-order chi connectivity index (χ0) is 16.7. The molecular formula is C21H17N3. The third kappa shape index (κ3) is 2.12. The molecule has 0 bridgehead atoms. The first kappa shape index (κ1) is 14.3. The highest BCUT2D eigenvalue weighted by Crippen LogP contribution is 2.38. The molecule has 0 atom stereocenters. The maximum Gasteiger partial charge on any atom is 0.214 e. The van der Waals surface area contributed by atoms with Gasteiger partial charge < -0.3 is 9.38 Å². The van der Waals surface area contributed by atoms with Crippen LogP contribution in [-0.4, -0.2) is 9.38 Å². The van der Waals surface area contributed by atoms with Gasteiger partial charge >= 0.3 is 0 Å². The van der Waals surface area contributed by atoms with Gasteiger partial charge in [-0.1, -0.05) is 60.2 Å². The fourth-order valence-electron chi connectivity index (χ4n) is 3.19. The van der Waals surface area contributed by atoms with Crippen LogP contribution in [0.25, 0.3) is 32.9 Å². The van der Waals surface area contributed by atoms with Crippen molar-refractivity contribution >= 4 is 11.3 Å². The van der Waals surface area contributed by atoms with Crippen LogP contribution in [-0.2, 0) is 0 Å². The van der Waals surface area contributed by atoms with Crippen molar-refractivity contribution in [3.63, 3.8) is 0 Å². The quantitative estimate of drug-likeness (QED) is 0.455. The number of aromatic nitrogens is 2. The Balaban J connectivity index is 1.99. The number of hydrogen-bond acceptors (Lipinski definition) is 0. The van der Waals surface area contributed by atoms with E-state index in [0.29, 0.717) is 5.69 Å². The summed E-state index contributed by atoms with van der Waals surface area (Å²) in [5.41, 5.74) is 8.28. The summed E-state index contributed by atoms with van der Waals surface area (Å²) < 4.78 is 2.09. The minimum atomic E-state index is 0.672. The van der Waals surface area contributed by atoms with Crippen LogP contribution < -0.4 is 0 Å². The van der Waals surface area contributed by atoms with Crippen molar-refractivity contribution in [1.82, 2.24) is 9.38 Å². The van der Waals surface area contributed by atoms with Gasteiger partial charge in [0.2, 0.25) is 5.69 Å². The average Bonchev–Trinajstić information content (AvgIpc) is 3.13. The molecule has 0 saturated carbocycles. The topological polar surface area (TPSA) is 24.6 Å². The Kier molecular flexibility index (Phi) is 3.25. The van der Waals surface area contributed by atoms with E-state index >= 15 is 0 Å². The van der Waals surface area contributed by atoms with Crippen molar-refractivity contribution < 1.29 is 0 Å². The number of fused-ring (bicyclic) bond motifs is 1. The lowest BCUT2D eigenvalue weighted by atomic mass is 10.1. The number of aryl methyl sites for hydroxylation is 2. The monoisotopic (exact) mass is 311 g/mol. The lowest BCUT2D eigenvalue weighted by Crippen LogP contribution is -1.84. The smallest absolute Gasteiger partial charge is 0.214 e. The van der Waals surface area contributed by atoms with Crippen LogP contribution in [0, 0.1) is 20.4 Å². The second kappa shape index (κ2) is 5.43. The Hall–Kier alpha value is -3.25. The van der Waals surface area contributed by atoms with Crippen LogP contribution in [0.15, 0.2) is 60.8 Å². The summed E-state index contributed by atoms with van der Waals surface area (Å²) in [6.45, 7) is 11.7. The lowest BCUT2D eigenvalue weighted by Gasteiger charge is -2.02. The number of rotatable bonds is 2. The van der Waals surface area contributed by atoms with E-state index in [2.05, 4.69) is 52.3 Å². The van der Waals surface area contributed by atoms with Gasteiger partial charge in [-0.2, -0.15) is 0 Å². The van der Waals surface area contributed by atoms with Crippen molar-refractivity contribution in [2.24, 2.45) is 0 Å². The standard InChI is InChI=1S/C21H17N3/c1-14-9-11-17(12-10-14)20-15(2)24-13-18(22-3)19(21(24)23-20)16-7-5-4-6-8-16/h4-13,23H,1-2H3. The molecule has 0 aliphatic heterocycles. The molecule has 0 unspecified atom stereocenters. The van der Waals surface area contributed by atoms with Gasteiger partial charge in [0.1, 0.15) is 5.65 Å². The van der Waals surface area contributed by atoms with E-state index in [0.717, 1.165) is 33.7 Å². The molecule has 0 amide bonds. The van der Waals surface area contributed by atoms with Gasteiger partial charge in [0, 0.05) is 17.5 Å². The van der Waals surface area contributed by atoms with Gasteiger partial charge in [-0.05, 0) is 25.0 Å². The molecule has 4 aromatic rings. The van der Waals surface area contributed by atoms with E-state index in [-0.39, 0.29) is 0 Å². The Morgan fingerprint density at radius 2 is 1.62 bits per heavy atom. The molecule has 2 aromatic heterocycles. The van der Waals surface area contributed by atoms with Gasteiger partial charge in [-0.15, -0.1) is 0 Å². The Labute approximate surface area is 141 Å². The average molecular weight is 311 g/mol. The Morgan fingerprint density at radius 3 is 2.29 bits per heavy atom. The number of H-pyrrole nitrogens is 1. The minimum Gasteiger partial charge on any atom is -0.340 e. The van der Waals surface area contributed by atoms with Gasteiger partial charge in [-0.25, -0.2) is 4.85 Å². The van der Waals surface area contributed by atoms with E-state index in [1.807, 2.05) is 36.5 Å². The maximum atomic E-state index is 7.51. The molecule has 2 heterocycles. The molecule has 3 nitrogen and oxygen atoms in total. The maximum absolute atomic E-state index is 7.51. The molecule has 3 heteroatoms. The molecule has 0 aliphatic rings. The summed E-state index contributed by atoms with van der Waals surface area (Å²) in [5, 5.41) is 0. The van der Waals surface area contributed by atoms with Crippen LogP contribution in [0.2, 0.25) is 0 Å². The SMILES string of the molecule is [C-]#[N+]c1cn2c(C)c(-c3ccc(C)cc3)[nH]c2c1-c1ccccc1. The molecule has 0 spiro atoms. The van der Waals surface area contributed by atoms with Crippen molar-refractivity contribution in [2.75, 3.05) is 0 Å². The third-order valence-corrected chi connectivity index (χ3v) is 4.47. The molecular weight excluding hydrogens is 294 g/mol. The summed E-state index contributed by atoms with van der Waals surface area (Å²) in [7, 11) is 0. The number of aromatic amines is 1. The highest BCUT2D eigenvalue weighted by Gasteiger charge is 2.18. The van der Waals surface area contributed by atoms with Crippen LogP contribution in [0.5, 0.6) is 0 Å². The normalized spacial score (nSPS) is 10.9. The molecule has 4 rings (SSSR count).